The van der Waals surface area contributed by atoms with Gasteiger partial charge in [0.1, 0.15) is 17.0 Å². The summed E-state index contributed by atoms with van der Waals surface area (Å²) >= 11 is 0. The van der Waals surface area contributed by atoms with Gasteiger partial charge in [0.15, 0.2) is 0 Å². The van der Waals surface area contributed by atoms with Gasteiger partial charge in [-0.15, -0.1) is 0 Å². The van der Waals surface area contributed by atoms with Crippen LogP contribution in [0.1, 0.15) is 36.8 Å². The van der Waals surface area contributed by atoms with E-state index < -0.39 is 22.6 Å². The number of non-ortho nitro benzene ring substituents is 1. The number of hydrogen-bond donors (Lipinski definition) is 2. The van der Waals surface area contributed by atoms with Crippen LogP contribution in [-0.4, -0.2) is 41.3 Å². The molecule has 3 rings (SSSR count). The zero-order valence-electron chi connectivity index (χ0n) is 18.8. The average molecular weight is 455 g/mol. The number of aromatic amines is 1. The van der Waals surface area contributed by atoms with Crippen molar-refractivity contribution in [3.8, 4) is 5.75 Å². The molecule has 174 valence electrons. The predicted molar refractivity (Wildman–Crippen MR) is 122 cm³/mol. The van der Waals surface area contributed by atoms with Crippen molar-refractivity contribution in [3.63, 3.8) is 0 Å². The number of carbonyl (C=O) groups is 2. The summed E-state index contributed by atoms with van der Waals surface area (Å²) in [6.45, 7) is 5.40. The lowest BCUT2D eigenvalue weighted by molar-refractivity contribution is -0.384. The minimum Gasteiger partial charge on any atom is -0.494 e. The molecular weight excluding hydrogens is 430 g/mol. The van der Waals surface area contributed by atoms with Crippen LogP contribution in [0.15, 0.2) is 42.5 Å². The number of benzene rings is 2. The molecule has 0 unspecified atom stereocenters. The Hall–Kier alpha value is -4.08. The Morgan fingerprint density at radius 2 is 1.82 bits per heavy atom. The average Bonchev–Trinajstić information content (AvgIpc) is 3.16. The zero-order chi connectivity index (χ0) is 24.2. The van der Waals surface area contributed by atoms with E-state index in [0.29, 0.717) is 28.8 Å². The molecule has 0 atom stereocenters. The highest BCUT2D eigenvalue weighted by molar-refractivity contribution is 5.99. The Kier molecular flexibility index (Phi) is 6.86. The fraction of sp³-hybridized carbons (Fsp3) is 0.304. The summed E-state index contributed by atoms with van der Waals surface area (Å²) in [6, 6.07) is 11.0. The molecule has 10 heteroatoms. The van der Waals surface area contributed by atoms with E-state index in [1.807, 2.05) is 0 Å². The van der Waals surface area contributed by atoms with Gasteiger partial charge in [0, 0.05) is 35.7 Å². The molecule has 0 aliphatic carbocycles. The van der Waals surface area contributed by atoms with Crippen LogP contribution in [0.2, 0.25) is 0 Å². The van der Waals surface area contributed by atoms with E-state index in [4.69, 9.17) is 14.2 Å². The lowest BCUT2D eigenvalue weighted by Gasteiger charge is -2.19. The summed E-state index contributed by atoms with van der Waals surface area (Å²) in [5.74, 6) is -0.125. The quantitative estimate of drug-likeness (QED) is 0.296. The number of nitrogens with zero attached hydrogens (tertiary/aromatic N) is 1. The van der Waals surface area contributed by atoms with E-state index in [1.165, 1.54) is 19.2 Å². The van der Waals surface area contributed by atoms with Crippen LogP contribution >= 0.6 is 0 Å². The molecule has 0 bridgehead atoms. The number of esters is 1. The van der Waals surface area contributed by atoms with Gasteiger partial charge in [-0.05, 0) is 38.5 Å². The summed E-state index contributed by atoms with van der Waals surface area (Å²) in [7, 11) is 1.48. The van der Waals surface area contributed by atoms with Crippen LogP contribution in [0.3, 0.4) is 0 Å². The number of amides is 1. The predicted octanol–water partition coefficient (Wildman–Crippen LogP) is 4.83. The molecule has 1 aromatic heterocycles. The maximum Gasteiger partial charge on any atom is 0.412 e. The number of H-pyrrole nitrogens is 1. The molecule has 10 nitrogen and oxygen atoms in total. The largest absolute Gasteiger partial charge is 0.494 e. The highest BCUT2D eigenvalue weighted by Gasteiger charge is 2.18. The molecule has 33 heavy (non-hydrogen) atoms. The van der Waals surface area contributed by atoms with Gasteiger partial charge in [-0.3, -0.25) is 15.4 Å². The van der Waals surface area contributed by atoms with E-state index in [1.54, 1.807) is 51.1 Å². The first kappa shape index (κ1) is 23.6. The van der Waals surface area contributed by atoms with Gasteiger partial charge >= 0.3 is 12.1 Å². The zero-order valence-corrected chi connectivity index (χ0v) is 18.8. The highest BCUT2D eigenvalue weighted by atomic mass is 16.6. The molecule has 0 radical (unpaired) electrons. The third-order valence-corrected chi connectivity index (χ3v) is 4.55. The molecule has 0 saturated heterocycles. The van der Waals surface area contributed by atoms with E-state index in [2.05, 4.69) is 10.3 Å². The van der Waals surface area contributed by atoms with Crippen molar-refractivity contribution in [1.29, 1.82) is 0 Å². The molecule has 3 aromatic rings. The minimum atomic E-state index is -0.641. The second-order valence-electron chi connectivity index (χ2n) is 8.26. The summed E-state index contributed by atoms with van der Waals surface area (Å²) in [5, 5.41) is 14.0. The summed E-state index contributed by atoms with van der Waals surface area (Å²) < 4.78 is 16.0. The standard InChI is InChI=1S/C23H25N3O7/c1-23(2,3)33-22(28)24-16-11-15-12-18(25-20(15)19(13-16)31-4)21(27)32-10-9-14-5-7-17(8-6-14)26(29)30/h5-8,11-13,25H,9-10H2,1-4H3,(H,24,28). The van der Waals surface area contributed by atoms with Gasteiger partial charge < -0.3 is 19.2 Å². The number of carbonyl (C=O) groups excluding carboxylic acids is 2. The molecule has 2 N–H and O–H groups in total. The Bertz CT molecular complexity index is 1180. The molecule has 0 fully saturated rings. The number of fused-ring (bicyclic) bond motifs is 1. The molecule has 0 spiro atoms. The number of nitrogens with one attached hydrogen (secondary N) is 2. The van der Waals surface area contributed by atoms with Crippen LogP contribution < -0.4 is 10.1 Å². The number of anilines is 1. The van der Waals surface area contributed by atoms with Gasteiger partial charge in [0.2, 0.25) is 0 Å². The van der Waals surface area contributed by atoms with Gasteiger partial charge in [0.25, 0.3) is 5.69 Å². The summed E-state index contributed by atoms with van der Waals surface area (Å²) in [6.07, 6.45) is -0.192. The molecule has 0 aliphatic heterocycles. The maximum atomic E-state index is 12.5. The lowest BCUT2D eigenvalue weighted by atomic mass is 10.1. The minimum absolute atomic E-state index is 0.00305. The van der Waals surface area contributed by atoms with Crippen LogP contribution in [0.4, 0.5) is 16.2 Å². The monoisotopic (exact) mass is 455 g/mol. The van der Waals surface area contributed by atoms with Crippen LogP contribution in [-0.2, 0) is 15.9 Å². The van der Waals surface area contributed by atoms with E-state index in [-0.39, 0.29) is 18.0 Å². The van der Waals surface area contributed by atoms with Crippen LogP contribution in [0.5, 0.6) is 5.75 Å². The molecule has 1 amide bonds. The molecule has 0 saturated carbocycles. The van der Waals surface area contributed by atoms with Gasteiger partial charge in [-0.25, -0.2) is 9.59 Å². The summed E-state index contributed by atoms with van der Waals surface area (Å²) in [4.78, 5) is 37.8. The molecule has 2 aromatic carbocycles. The number of methoxy groups -OCH3 is 1. The van der Waals surface area contributed by atoms with Crippen molar-refractivity contribution in [2.24, 2.45) is 0 Å². The summed E-state index contributed by atoms with van der Waals surface area (Å²) in [5.41, 5.74) is 1.42. The number of rotatable bonds is 7. The van der Waals surface area contributed by atoms with Crippen molar-refractivity contribution in [2.45, 2.75) is 32.8 Å². The van der Waals surface area contributed by atoms with Crippen molar-refractivity contribution in [3.05, 3.63) is 63.8 Å². The number of hydrogen-bond acceptors (Lipinski definition) is 7. The van der Waals surface area contributed by atoms with Gasteiger partial charge in [-0.1, -0.05) is 12.1 Å². The normalized spacial score (nSPS) is 11.2. The highest BCUT2D eigenvalue weighted by Crippen LogP contribution is 2.30. The van der Waals surface area contributed by atoms with Crippen molar-refractivity contribution < 1.29 is 28.7 Å². The number of nitro groups is 1. The fourth-order valence-corrected chi connectivity index (χ4v) is 3.10. The Balaban J connectivity index is 1.68. The number of nitro benzene ring substituents is 1. The van der Waals surface area contributed by atoms with Crippen molar-refractivity contribution in [2.75, 3.05) is 19.0 Å². The molecule has 0 aliphatic rings. The van der Waals surface area contributed by atoms with Crippen LogP contribution in [0, 0.1) is 10.1 Å². The first-order valence-electron chi connectivity index (χ1n) is 10.2. The Morgan fingerprint density at radius 3 is 2.42 bits per heavy atom. The lowest BCUT2D eigenvalue weighted by Crippen LogP contribution is -2.27. The first-order valence-corrected chi connectivity index (χ1v) is 10.2. The SMILES string of the molecule is COc1cc(NC(=O)OC(C)(C)C)cc2cc(C(=O)OCCc3ccc([N+](=O)[O-])cc3)[nH]c12. The Morgan fingerprint density at radius 1 is 1.12 bits per heavy atom. The third kappa shape index (κ3) is 6.22. The van der Waals surface area contributed by atoms with E-state index in [0.717, 1.165) is 5.56 Å². The fourth-order valence-electron chi connectivity index (χ4n) is 3.10. The third-order valence-electron chi connectivity index (χ3n) is 4.55. The topological polar surface area (TPSA) is 133 Å². The first-order chi connectivity index (χ1) is 15.6. The molecular formula is C23H25N3O7. The number of aromatic nitrogens is 1. The van der Waals surface area contributed by atoms with Crippen LogP contribution in [0.25, 0.3) is 10.9 Å². The molecule has 1 heterocycles. The van der Waals surface area contributed by atoms with Crippen molar-refractivity contribution >= 4 is 34.3 Å². The Labute approximate surface area is 190 Å². The van der Waals surface area contributed by atoms with Gasteiger partial charge in [0.05, 0.1) is 24.2 Å². The van der Waals surface area contributed by atoms with Crippen molar-refractivity contribution in [1.82, 2.24) is 4.98 Å². The smallest absolute Gasteiger partial charge is 0.412 e. The van der Waals surface area contributed by atoms with E-state index >= 15 is 0 Å². The maximum absolute atomic E-state index is 12.5. The van der Waals surface area contributed by atoms with E-state index in [9.17, 15) is 19.7 Å². The number of ether oxygens (including phenoxy) is 3. The second kappa shape index (κ2) is 9.60. The second-order valence-corrected chi connectivity index (χ2v) is 8.26. The van der Waals surface area contributed by atoms with Gasteiger partial charge in [-0.2, -0.15) is 0 Å².